The minimum Gasteiger partial charge on any atom is -0.496 e. The number of H-pyrrole nitrogens is 1. The maximum Gasteiger partial charge on any atom is 0.339 e. The highest BCUT2D eigenvalue weighted by Gasteiger charge is 2.26. The number of carboxylic acids is 1. The van der Waals surface area contributed by atoms with Gasteiger partial charge < -0.3 is 9.84 Å². The monoisotopic (exact) mass is 466 g/mol. The fraction of sp³-hybridized carbons (Fsp3) is 0.107. The van der Waals surface area contributed by atoms with Gasteiger partial charge in [-0.25, -0.2) is 9.59 Å². The second-order valence-electron chi connectivity index (χ2n) is 8.34. The zero-order chi connectivity index (χ0) is 24.5. The Morgan fingerprint density at radius 1 is 0.943 bits per heavy atom. The number of aromatic nitrogens is 2. The van der Waals surface area contributed by atoms with Gasteiger partial charge in [0, 0.05) is 17.7 Å². The Labute approximate surface area is 200 Å². The Balaban J connectivity index is 1.65. The molecule has 5 rings (SSSR count). The Morgan fingerprint density at radius 2 is 1.57 bits per heavy atom. The molecule has 0 atom stereocenters. The van der Waals surface area contributed by atoms with Crippen molar-refractivity contribution in [2.24, 2.45) is 0 Å². The van der Waals surface area contributed by atoms with Crippen molar-refractivity contribution in [3.8, 4) is 5.75 Å². The first-order valence-electron chi connectivity index (χ1n) is 11.1. The van der Waals surface area contributed by atoms with Gasteiger partial charge in [-0.2, -0.15) is 0 Å². The minimum atomic E-state index is -1.13. The molecule has 0 saturated heterocycles. The lowest BCUT2D eigenvalue weighted by atomic mass is 9.83. The number of carbonyl (C=O) groups is 1. The molecule has 0 spiro atoms. The predicted octanol–water partition coefficient (Wildman–Crippen LogP) is 3.96. The van der Waals surface area contributed by atoms with Crippen LogP contribution in [-0.4, -0.2) is 27.7 Å². The Kier molecular flexibility index (Phi) is 5.66. The minimum absolute atomic E-state index is 0.000365. The maximum absolute atomic E-state index is 13.1. The molecule has 1 aliphatic rings. The maximum atomic E-state index is 13.1. The molecule has 1 heterocycles. The first-order valence-corrected chi connectivity index (χ1v) is 11.1. The molecule has 0 saturated carbocycles. The van der Waals surface area contributed by atoms with Crippen LogP contribution in [0.2, 0.25) is 0 Å². The fourth-order valence-corrected chi connectivity index (χ4v) is 4.60. The summed E-state index contributed by atoms with van der Waals surface area (Å²) in [6.07, 6.45) is 5.64. The molecule has 1 aliphatic carbocycles. The molecule has 0 radical (unpaired) electrons. The summed E-state index contributed by atoms with van der Waals surface area (Å²) in [6, 6.07) is 20.5. The summed E-state index contributed by atoms with van der Waals surface area (Å²) in [7, 11) is 1.40. The van der Waals surface area contributed by atoms with Gasteiger partial charge in [0.05, 0.1) is 13.7 Å². The molecule has 3 aromatic carbocycles. The van der Waals surface area contributed by atoms with E-state index in [4.69, 9.17) is 4.74 Å². The number of fused-ring (bicyclic) bond motifs is 2. The summed E-state index contributed by atoms with van der Waals surface area (Å²) in [5.41, 5.74) is 3.90. The third-order valence-corrected chi connectivity index (χ3v) is 6.25. The van der Waals surface area contributed by atoms with E-state index in [1.807, 2.05) is 60.7 Å². The van der Waals surface area contributed by atoms with Crippen molar-refractivity contribution in [2.75, 3.05) is 7.11 Å². The van der Waals surface area contributed by atoms with Crippen molar-refractivity contribution in [1.82, 2.24) is 9.55 Å². The first kappa shape index (κ1) is 22.2. The van der Waals surface area contributed by atoms with Crippen molar-refractivity contribution in [1.29, 1.82) is 0 Å². The quantitative estimate of drug-likeness (QED) is 0.408. The van der Waals surface area contributed by atoms with Gasteiger partial charge in [-0.3, -0.25) is 14.3 Å². The highest BCUT2D eigenvalue weighted by atomic mass is 16.5. The van der Waals surface area contributed by atoms with Crippen LogP contribution in [-0.2, 0) is 6.54 Å². The molecule has 7 nitrogen and oxygen atoms in total. The predicted molar refractivity (Wildman–Crippen MR) is 133 cm³/mol. The van der Waals surface area contributed by atoms with E-state index in [0.717, 1.165) is 22.3 Å². The van der Waals surface area contributed by atoms with E-state index in [0.29, 0.717) is 11.1 Å². The number of methoxy groups -OCH3 is 1. The Hall–Kier alpha value is -4.65. The second-order valence-corrected chi connectivity index (χ2v) is 8.34. The summed E-state index contributed by atoms with van der Waals surface area (Å²) in [5.74, 6) is -1.29. The molecule has 1 aromatic heterocycles. The lowest BCUT2D eigenvalue weighted by Crippen LogP contribution is -2.33. The number of aromatic carboxylic acids is 1. The SMILES string of the molecule is COc1ccc(Cn2cc(C3c4ccccc4C=Cc4ccccc43)c(=O)[nH]c2=O)cc1C(=O)O. The number of rotatable bonds is 5. The molecule has 0 bridgehead atoms. The third kappa shape index (κ3) is 4.08. The van der Waals surface area contributed by atoms with Crippen molar-refractivity contribution in [2.45, 2.75) is 12.5 Å². The van der Waals surface area contributed by atoms with Crippen LogP contribution >= 0.6 is 0 Å². The topological polar surface area (TPSA) is 101 Å². The molecule has 0 aliphatic heterocycles. The number of hydrogen-bond acceptors (Lipinski definition) is 4. The van der Waals surface area contributed by atoms with Crippen molar-refractivity contribution >= 4 is 18.1 Å². The van der Waals surface area contributed by atoms with E-state index in [1.165, 1.54) is 17.7 Å². The summed E-state index contributed by atoms with van der Waals surface area (Å²) in [5, 5.41) is 9.50. The molecule has 4 aromatic rings. The van der Waals surface area contributed by atoms with E-state index in [1.54, 1.807) is 18.3 Å². The van der Waals surface area contributed by atoms with Crippen LogP contribution in [0.5, 0.6) is 5.75 Å². The van der Waals surface area contributed by atoms with Crippen LogP contribution in [0.25, 0.3) is 12.2 Å². The highest BCUT2D eigenvalue weighted by molar-refractivity contribution is 5.91. The Morgan fingerprint density at radius 3 is 2.17 bits per heavy atom. The molecule has 0 amide bonds. The molecule has 174 valence electrons. The molecule has 2 N–H and O–H groups in total. The number of hydrogen-bond donors (Lipinski definition) is 2. The largest absolute Gasteiger partial charge is 0.496 e. The van der Waals surface area contributed by atoms with Crippen molar-refractivity contribution in [3.63, 3.8) is 0 Å². The number of aromatic amines is 1. The molecule has 7 heteroatoms. The lowest BCUT2D eigenvalue weighted by Gasteiger charge is -2.21. The lowest BCUT2D eigenvalue weighted by molar-refractivity contribution is 0.0693. The van der Waals surface area contributed by atoms with Gasteiger partial charge in [0.1, 0.15) is 11.3 Å². The highest BCUT2D eigenvalue weighted by Crippen LogP contribution is 2.37. The number of carboxylic acid groups (broad SMARTS) is 1. The van der Waals surface area contributed by atoms with Crippen LogP contribution in [0.1, 0.15) is 49.7 Å². The van der Waals surface area contributed by atoms with Gasteiger partial charge in [0.2, 0.25) is 0 Å². The average Bonchev–Trinajstić information content (AvgIpc) is 3.03. The van der Waals surface area contributed by atoms with Crippen molar-refractivity contribution < 1.29 is 14.6 Å². The van der Waals surface area contributed by atoms with Gasteiger partial charge >= 0.3 is 11.7 Å². The van der Waals surface area contributed by atoms with Gasteiger partial charge in [-0.15, -0.1) is 0 Å². The molecule has 35 heavy (non-hydrogen) atoms. The van der Waals surface area contributed by atoms with Gasteiger partial charge in [-0.1, -0.05) is 66.7 Å². The summed E-state index contributed by atoms with van der Waals surface area (Å²) >= 11 is 0. The summed E-state index contributed by atoms with van der Waals surface area (Å²) in [4.78, 5) is 39.9. The van der Waals surface area contributed by atoms with E-state index in [9.17, 15) is 19.5 Å². The van der Waals surface area contributed by atoms with Crippen LogP contribution < -0.4 is 16.0 Å². The zero-order valence-corrected chi connectivity index (χ0v) is 18.9. The smallest absolute Gasteiger partial charge is 0.339 e. The first-order chi connectivity index (χ1) is 17.0. The summed E-state index contributed by atoms with van der Waals surface area (Å²) < 4.78 is 6.52. The second kappa shape index (κ2) is 8.95. The third-order valence-electron chi connectivity index (χ3n) is 6.25. The van der Waals surface area contributed by atoms with E-state index in [-0.39, 0.29) is 17.9 Å². The van der Waals surface area contributed by atoms with E-state index in [2.05, 4.69) is 4.98 Å². The normalized spacial score (nSPS) is 12.5. The number of nitrogens with zero attached hydrogens (tertiary/aromatic N) is 1. The molecular formula is C28H22N2O5. The summed E-state index contributed by atoms with van der Waals surface area (Å²) in [6.45, 7) is 0.0845. The molecule has 0 unspecified atom stereocenters. The molecular weight excluding hydrogens is 444 g/mol. The zero-order valence-electron chi connectivity index (χ0n) is 18.9. The molecule has 0 fully saturated rings. The Bertz CT molecular complexity index is 1550. The van der Waals surface area contributed by atoms with Crippen LogP contribution in [0, 0.1) is 0 Å². The van der Waals surface area contributed by atoms with Crippen LogP contribution in [0.3, 0.4) is 0 Å². The van der Waals surface area contributed by atoms with Gasteiger partial charge in [0.25, 0.3) is 5.56 Å². The number of ether oxygens (including phenoxy) is 1. The van der Waals surface area contributed by atoms with Gasteiger partial charge in [0.15, 0.2) is 0 Å². The van der Waals surface area contributed by atoms with E-state index < -0.39 is 23.1 Å². The number of benzene rings is 3. The fourth-order valence-electron chi connectivity index (χ4n) is 4.60. The number of nitrogens with one attached hydrogen (secondary N) is 1. The standard InChI is InChI=1S/C28H22N2O5/c1-35-24-13-10-17(14-22(24)27(32)33)15-30-16-23(26(31)29-28(30)34)25-20-8-4-2-6-18(20)11-12-19-7-3-5-9-21(19)25/h2-14,16,25H,15H2,1H3,(H,32,33)(H,29,31,34). The van der Waals surface area contributed by atoms with Crippen LogP contribution in [0.15, 0.2) is 82.5 Å². The average molecular weight is 466 g/mol. The van der Waals surface area contributed by atoms with Crippen LogP contribution in [0.4, 0.5) is 0 Å². The van der Waals surface area contributed by atoms with Crippen molar-refractivity contribution in [3.05, 3.63) is 133 Å². The van der Waals surface area contributed by atoms with Gasteiger partial charge in [-0.05, 0) is 39.9 Å². The van der Waals surface area contributed by atoms with E-state index >= 15 is 0 Å².